The largest absolute Gasteiger partial charge is 0.339 e. The highest BCUT2D eigenvalue weighted by molar-refractivity contribution is 5.97. The molecule has 180 valence electrons. The highest BCUT2D eigenvalue weighted by Gasteiger charge is 2.42. The number of piperazine rings is 1. The van der Waals surface area contributed by atoms with Crippen molar-refractivity contribution < 1.29 is 19.2 Å². The Bertz CT molecular complexity index is 707. The minimum absolute atomic E-state index is 0.0950. The molecule has 3 rings (SSSR count). The number of hydrogen-bond donors (Lipinski definition) is 1. The first-order chi connectivity index (χ1) is 15.3. The summed E-state index contributed by atoms with van der Waals surface area (Å²) >= 11 is 0. The smallest absolute Gasteiger partial charge is 0.324 e. The molecule has 2 saturated heterocycles. The monoisotopic (exact) mass is 449 g/mol. The Hall–Kier alpha value is -2.00. The van der Waals surface area contributed by atoms with Crippen LogP contribution in [0.1, 0.15) is 45.4 Å². The second kappa shape index (κ2) is 11.2. The van der Waals surface area contributed by atoms with Crippen LogP contribution in [0.4, 0.5) is 4.79 Å². The molecular weight excluding hydrogens is 410 g/mol. The summed E-state index contributed by atoms with van der Waals surface area (Å²) in [6.07, 6.45) is 4.24. The number of unbranched alkanes of at least 4 members (excludes halogenated alkanes) is 1. The third-order valence-corrected chi connectivity index (χ3v) is 7.26. The average Bonchev–Trinajstić information content (AvgIpc) is 2.77. The molecule has 1 aliphatic carbocycles. The highest BCUT2D eigenvalue weighted by Crippen LogP contribution is 2.36. The molecule has 1 N–H and O–H groups in total. The highest BCUT2D eigenvalue weighted by atomic mass is 16.2. The number of imide groups is 1. The molecular formula is C23H39N5O4. The van der Waals surface area contributed by atoms with Gasteiger partial charge in [-0.1, -0.05) is 13.3 Å². The Morgan fingerprint density at radius 2 is 1.84 bits per heavy atom. The fraction of sp³-hybridized carbons (Fsp3) is 0.826. The molecule has 0 spiro atoms. The van der Waals surface area contributed by atoms with Crippen molar-refractivity contribution in [3.8, 4) is 0 Å². The number of likely N-dealkylation sites (tertiary alicyclic amines) is 1. The van der Waals surface area contributed by atoms with Crippen LogP contribution in [0, 0.1) is 11.8 Å². The van der Waals surface area contributed by atoms with Crippen LogP contribution in [0.25, 0.3) is 0 Å². The van der Waals surface area contributed by atoms with Gasteiger partial charge in [-0.25, -0.2) is 4.79 Å². The average molecular weight is 450 g/mol. The summed E-state index contributed by atoms with van der Waals surface area (Å²) in [4.78, 5) is 58.2. The summed E-state index contributed by atoms with van der Waals surface area (Å²) in [5, 5.41) is 2.69. The van der Waals surface area contributed by atoms with Gasteiger partial charge in [0.25, 0.3) is 0 Å². The number of carbonyl (C=O) groups excluding carboxylic acids is 4. The van der Waals surface area contributed by atoms with Crippen molar-refractivity contribution in [2.45, 2.75) is 51.5 Å². The summed E-state index contributed by atoms with van der Waals surface area (Å²) in [5.41, 5.74) is 0. The van der Waals surface area contributed by atoms with E-state index < -0.39 is 6.03 Å². The van der Waals surface area contributed by atoms with E-state index in [1.807, 2.05) is 21.0 Å². The van der Waals surface area contributed by atoms with Gasteiger partial charge in [0.2, 0.25) is 11.8 Å². The Kier molecular flexibility index (Phi) is 8.64. The Morgan fingerprint density at radius 1 is 1.12 bits per heavy atom. The van der Waals surface area contributed by atoms with Gasteiger partial charge in [-0.3, -0.25) is 19.3 Å². The summed E-state index contributed by atoms with van der Waals surface area (Å²) in [5.74, 6) is -0.153. The number of amides is 4. The minimum Gasteiger partial charge on any atom is -0.339 e. The number of nitrogens with zero attached hydrogens (tertiary/aromatic N) is 4. The maximum Gasteiger partial charge on any atom is 0.324 e. The Morgan fingerprint density at radius 3 is 2.53 bits per heavy atom. The summed E-state index contributed by atoms with van der Waals surface area (Å²) in [6.45, 7) is 5.81. The van der Waals surface area contributed by atoms with Gasteiger partial charge in [0.15, 0.2) is 0 Å². The molecule has 2 aliphatic heterocycles. The van der Waals surface area contributed by atoms with Crippen molar-refractivity contribution in [1.82, 2.24) is 24.9 Å². The zero-order valence-corrected chi connectivity index (χ0v) is 19.8. The quantitative estimate of drug-likeness (QED) is 0.644. The lowest BCUT2D eigenvalue weighted by Gasteiger charge is -2.45. The number of piperidine rings is 1. The molecule has 4 amide bonds. The van der Waals surface area contributed by atoms with Crippen LogP contribution in [0.15, 0.2) is 0 Å². The minimum atomic E-state index is -0.490. The van der Waals surface area contributed by atoms with Crippen LogP contribution in [-0.2, 0) is 14.4 Å². The number of hydrogen-bond acceptors (Lipinski definition) is 6. The number of fused-ring (bicyclic) bond motifs is 1. The molecule has 3 aliphatic rings. The van der Waals surface area contributed by atoms with Crippen molar-refractivity contribution in [2.24, 2.45) is 11.8 Å². The first-order valence-electron chi connectivity index (χ1n) is 12.1. The zero-order valence-electron chi connectivity index (χ0n) is 19.8. The number of ketones is 1. The van der Waals surface area contributed by atoms with Crippen molar-refractivity contribution in [3.05, 3.63) is 0 Å². The lowest BCUT2D eigenvalue weighted by molar-refractivity contribution is -0.138. The number of Topliss-reactive ketones (excluding diaryl/α,β-unsaturated/α-hetero) is 1. The van der Waals surface area contributed by atoms with E-state index in [1.54, 1.807) is 4.90 Å². The third kappa shape index (κ3) is 6.07. The molecule has 9 nitrogen and oxygen atoms in total. The van der Waals surface area contributed by atoms with E-state index in [4.69, 9.17) is 0 Å². The van der Waals surface area contributed by atoms with Crippen LogP contribution in [0.2, 0.25) is 0 Å². The lowest BCUT2D eigenvalue weighted by atomic mass is 9.74. The summed E-state index contributed by atoms with van der Waals surface area (Å²) in [7, 11) is 4.03. The van der Waals surface area contributed by atoms with Crippen molar-refractivity contribution in [3.63, 3.8) is 0 Å². The number of rotatable bonds is 6. The molecule has 1 saturated carbocycles. The maximum absolute atomic E-state index is 13.4. The van der Waals surface area contributed by atoms with Gasteiger partial charge < -0.3 is 20.0 Å². The molecule has 0 aromatic heterocycles. The second-order valence-corrected chi connectivity index (χ2v) is 9.67. The molecule has 32 heavy (non-hydrogen) atoms. The van der Waals surface area contributed by atoms with Gasteiger partial charge in [-0.05, 0) is 39.3 Å². The van der Waals surface area contributed by atoms with E-state index in [2.05, 4.69) is 15.1 Å². The van der Waals surface area contributed by atoms with E-state index in [0.29, 0.717) is 51.5 Å². The summed E-state index contributed by atoms with van der Waals surface area (Å²) in [6, 6.07) is -0.147. The van der Waals surface area contributed by atoms with Gasteiger partial charge in [0.05, 0.1) is 12.5 Å². The standard InChI is InChI=1S/C23H39N5O4/c1-4-5-8-28(23(32)24-15-21(30)27-11-9-25(2)10-12-27)22(31)18-13-17-14-19(29)6-7-20(17)26(3)16-18/h17-18,20H,4-16H2,1-3H3,(H,24,32)/t17-,18-,20-/m1/s1. The van der Waals surface area contributed by atoms with Crippen molar-refractivity contribution in [2.75, 3.05) is 59.9 Å². The fourth-order valence-corrected chi connectivity index (χ4v) is 5.26. The van der Waals surface area contributed by atoms with Gasteiger partial charge >= 0.3 is 6.03 Å². The molecule has 0 bridgehead atoms. The third-order valence-electron chi connectivity index (χ3n) is 7.26. The topological polar surface area (TPSA) is 93.3 Å². The van der Waals surface area contributed by atoms with E-state index in [9.17, 15) is 19.2 Å². The summed E-state index contributed by atoms with van der Waals surface area (Å²) < 4.78 is 0. The Labute approximate surface area is 191 Å². The molecule has 0 aromatic rings. The second-order valence-electron chi connectivity index (χ2n) is 9.67. The fourth-order valence-electron chi connectivity index (χ4n) is 5.26. The van der Waals surface area contributed by atoms with Gasteiger partial charge in [-0.2, -0.15) is 0 Å². The first-order valence-corrected chi connectivity index (χ1v) is 12.1. The molecule has 0 aromatic carbocycles. The first kappa shape index (κ1) is 24.6. The molecule has 3 atom stereocenters. The van der Waals surface area contributed by atoms with Crippen LogP contribution >= 0.6 is 0 Å². The van der Waals surface area contributed by atoms with Crippen molar-refractivity contribution in [1.29, 1.82) is 0 Å². The van der Waals surface area contributed by atoms with E-state index in [0.717, 1.165) is 32.4 Å². The normalized spacial score (nSPS) is 27.0. The van der Waals surface area contributed by atoms with E-state index >= 15 is 0 Å². The maximum atomic E-state index is 13.4. The predicted molar refractivity (Wildman–Crippen MR) is 121 cm³/mol. The van der Waals surface area contributed by atoms with E-state index in [-0.39, 0.29) is 36.0 Å². The van der Waals surface area contributed by atoms with Crippen LogP contribution < -0.4 is 5.32 Å². The number of carbonyl (C=O) groups is 4. The van der Waals surface area contributed by atoms with Crippen LogP contribution in [0.5, 0.6) is 0 Å². The molecule has 2 heterocycles. The van der Waals surface area contributed by atoms with Gasteiger partial charge in [-0.15, -0.1) is 0 Å². The predicted octanol–water partition coefficient (Wildman–Crippen LogP) is 0.788. The van der Waals surface area contributed by atoms with Crippen LogP contribution in [-0.4, -0.2) is 109 Å². The van der Waals surface area contributed by atoms with E-state index in [1.165, 1.54) is 4.90 Å². The molecule has 0 radical (unpaired) electrons. The van der Waals surface area contributed by atoms with Crippen molar-refractivity contribution >= 4 is 23.6 Å². The molecule has 3 fully saturated rings. The molecule has 0 unspecified atom stereocenters. The SMILES string of the molecule is CCCCN(C(=O)NCC(=O)N1CCN(C)CC1)C(=O)[C@@H]1C[C@@H]2CC(=O)CC[C@H]2N(C)C1. The number of nitrogens with one attached hydrogen (secondary N) is 1. The van der Waals surface area contributed by atoms with Gasteiger partial charge in [0, 0.05) is 58.2 Å². The Balaban J connectivity index is 1.59. The molecule has 9 heteroatoms. The van der Waals surface area contributed by atoms with Crippen LogP contribution in [0.3, 0.4) is 0 Å². The van der Waals surface area contributed by atoms with Gasteiger partial charge in [0.1, 0.15) is 5.78 Å². The zero-order chi connectivity index (χ0) is 23.3. The lowest BCUT2D eigenvalue weighted by Crippen LogP contribution is -2.56. The number of urea groups is 1. The number of likely N-dealkylation sites (N-methyl/N-ethyl adjacent to an activating group) is 1.